The van der Waals surface area contributed by atoms with Crippen LogP contribution in [0.2, 0.25) is 0 Å². The second-order valence-electron chi connectivity index (χ2n) is 2.58. The summed E-state index contributed by atoms with van der Waals surface area (Å²) in [5.74, 6) is 0.875. The molecule has 0 radical (unpaired) electrons. The van der Waals surface area contributed by atoms with Gasteiger partial charge in [-0.05, 0) is 36.1 Å². The van der Waals surface area contributed by atoms with Gasteiger partial charge in [0.2, 0.25) is 0 Å². The fourth-order valence-electron chi connectivity index (χ4n) is 0.929. The lowest BCUT2D eigenvalue weighted by molar-refractivity contribution is 0.405. The van der Waals surface area contributed by atoms with Crippen LogP contribution in [0.25, 0.3) is 6.08 Å². The van der Waals surface area contributed by atoms with Crippen molar-refractivity contribution >= 4 is 18.1 Å². The van der Waals surface area contributed by atoms with E-state index in [1.165, 1.54) is 12.0 Å². The molecule has 0 saturated carbocycles. The topological polar surface area (TPSA) is 18.5 Å². The Morgan fingerprint density at radius 3 is 2.57 bits per heavy atom. The first-order valence-corrected chi connectivity index (χ1v) is 5.26. The first kappa shape index (κ1) is 11.1. The fraction of sp³-hybridized carbons (Fsp3) is 0.273. The number of hydrogen-bond acceptors (Lipinski definition) is 3. The molecule has 0 aliphatic heterocycles. The quantitative estimate of drug-likeness (QED) is 0.548. The summed E-state index contributed by atoms with van der Waals surface area (Å²) in [5, 5.41) is 1.92. The second-order valence-corrected chi connectivity index (χ2v) is 3.28. The minimum Gasteiger partial charge on any atom is -0.497 e. The summed E-state index contributed by atoms with van der Waals surface area (Å²) in [6.45, 7) is 2.69. The molecule has 1 aromatic rings. The lowest BCUT2D eigenvalue weighted by Crippen LogP contribution is -1.81. The van der Waals surface area contributed by atoms with Crippen LogP contribution in [-0.2, 0) is 4.18 Å². The minimum absolute atomic E-state index is 0.720. The molecule has 14 heavy (non-hydrogen) atoms. The zero-order valence-electron chi connectivity index (χ0n) is 8.40. The number of ether oxygens (including phenoxy) is 1. The number of benzene rings is 1. The summed E-state index contributed by atoms with van der Waals surface area (Å²) in [5.41, 5.74) is 1.14. The number of methoxy groups -OCH3 is 1. The van der Waals surface area contributed by atoms with E-state index in [1.807, 2.05) is 42.7 Å². The first-order valence-electron chi connectivity index (χ1n) is 4.45. The molecule has 0 atom stereocenters. The van der Waals surface area contributed by atoms with Crippen molar-refractivity contribution in [1.82, 2.24) is 0 Å². The summed E-state index contributed by atoms with van der Waals surface area (Å²) in [6, 6.07) is 7.87. The Bertz CT molecular complexity index is 280. The maximum atomic E-state index is 5.11. The fourth-order valence-corrected chi connectivity index (χ4v) is 1.36. The third kappa shape index (κ3) is 3.85. The van der Waals surface area contributed by atoms with E-state index in [9.17, 15) is 0 Å². The molecule has 1 rings (SSSR count). The van der Waals surface area contributed by atoms with E-state index in [2.05, 4.69) is 0 Å². The van der Waals surface area contributed by atoms with Gasteiger partial charge in [-0.1, -0.05) is 12.1 Å². The van der Waals surface area contributed by atoms with E-state index in [0.29, 0.717) is 0 Å². The van der Waals surface area contributed by atoms with Gasteiger partial charge in [-0.15, -0.1) is 0 Å². The molecule has 0 fully saturated rings. The van der Waals surface area contributed by atoms with Crippen molar-refractivity contribution in [3.8, 4) is 5.75 Å². The molecular weight excluding hydrogens is 196 g/mol. The lowest BCUT2D eigenvalue weighted by Gasteiger charge is -1.98. The van der Waals surface area contributed by atoms with Crippen molar-refractivity contribution < 1.29 is 8.92 Å². The van der Waals surface area contributed by atoms with E-state index in [4.69, 9.17) is 8.92 Å². The maximum Gasteiger partial charge on any atom is 0.118 e. The molecule has 1 aromatic carbocycles. The Morgan fingerprint density at radius 1 is 1.29 bits per heavy atom. The third-order valence-electron chi connectivity index (χ3n) is 1.62. The van der Waals surface area contributed by atoms with E-state index < -0.39 is 0 Å². The number of hydrogen-bond donors (Lipinski definition) is 0. The van der Waals surface area contributed by atoms with Crippen LogP contribution in [0, 0.1) is 0 Å². The summed E-state index contributed by atoms with van der Waals surface area (Å²) >= 11 is 1.35. The van der Waals surface area contributed by atoms with Crippen LogP contribution in [0.5, 0.6) is 5.75 Å². The molecule has 0 heterocycles. The zero-order valence-corrected chi connectivity index (χ0v) is 9.21. The Balaban J connectivity index is 2.47. The van der Waals surface area contributed by atoms with E-state index in [0.717, 1.165) is 17.9 Å². The maximum absolute atomic E-state index is 5.11. The smallest absolute Gasteiger partial charge is 0.118 e. The largest absolute Gasteiger partial charge is 0.497 e. The van der Waals surface area contributed by atoms with Gasteiger partial charge < -0.3 is 8.92 Å². The average Bonchev–Trinajstić information content (AvgIpc) is 2.25. The molecule has 0 aromatic heterocycles. The average molecular weight is 210 g/mol. The molecule has 2 nitrogen and oxygen atoms in total. The number of rotatable bonds is 5. The highest BCUT2D eigenvalue weighted by molar-refractivity contribution is 7.97. The van der Waals surface area contributed by atoms with Gasteiger partial charge in [0.1, 0.15) is 5.75 Å². The second kappa shape index (κ2) is 6.51. The molecule has 76 valence electrons. The molecule has 0 aliphatic rings. The van der Waals surface area contributed by atoms with Gasteiger partial charge in [0.15, 0.2) is 0 Å². The van der Waals surface area contributed by atoms with Gasteiger partial charge in [-0.25, -0.2) is 0 Å². The van der Waals surface area contributed by atoms with Crippen molar-refractivity contribution in [3.05, 3.63) is 35.2 Å². The van der Waals surface area contributed by atoms with Crippen LogP contribution in [0.3, 0.4) is 0 Å². The SMILES string of the molecule is CCOS/C=C/c1ccc(OC)cc1. The Morgan fingerprint density at radius 2 is 2.00 bits per heavy atom. The highest BCUT2D eigenvalue weighted by Gasteiger charge is 1.89. The van der Waals surface area contributed by atoms with Gasteiger partial charge in [0, 0.05) is 12.0 Å². The van der Waals surface area contributed by atoms with Crippen LogP contribution < -0.4 is 4.74 Å². The summed E-state index contributed by atoms with van der Waals surface area (Å²) in [6.07, 6.45) is 2.00. The molecule has 0 saturated heterocycles. The van der Waals surface area contributed by atoms with Crippen LogP contribution in [0.15, 0.2) is 29.7 Å². The van der Waals surface area contributed by atoms with Crippen molar-refractivity contribution in [2.75, 3.05) is 13.7 Å². The molecule has 0 N–H and O–H groups in total. The highest BCUT2D eigenvalue weighted by Crippen LogP contribution is 2.14. The zero-order chi connectivity index (χ0) is 10.2. The normalized spacial score (nSPS) is 10.7. The van der Waals surface area contributed by atoms with Crippen molar-refractivity contribution in [3.63, 3.8) is 0 Å². The van der Waals surface area contributed by atoms with Crippen LogP contribution in [0.4, 0.5) is 0 Å². The standard InChI is InChI=1S/C11H14O2S/c1-3-13-14-9-8-10-4-6-11(12-2)7-5-10/h4-9H,3H2,1-2H3/b9-8+. The lowest BCUT2D eigenvalue weighted by atomic mass is 10.2. The molecule has 0 aliphatic carbocycles. The van der Waals surface area contributed by atoms with Crippen molar-refractivity contribution in [2.45, 2.75) is 6.92 Å². The predicted molar refractivity (Wildman–Crippen MR) is 61.2 cm³/mol. The Hall–Kier alpha value is -0.930. The van der Waals surface area contributed by atoms with Gasteiger partial charge >= 0.3 is 0 Å². The molecule has 0 spiro atoms. The van der Waals surface area contributed by atoms with Crippen LogP contribution >= 0.6 is 12.0 Å². The Kier molecular flexibility index (Phi) is 5.19. The van der Waals surface area contributed by atoms with Gasteiger partial charge in [-0.3, -0.25) is 0 Å². The van der Waals surface area contributed by atoms with E-state index in [1.54, 1.807) is 7.11 Å². The molecule has 0 unspecified atom stereocenters. The molecule has 3 heteroatoms. The summed E-state index contributed by atoms with van der Waals surface area (Å²) in [4.78, 5) is 0. The van der Waals surface area contributed by atoms with Gasteiger partial charge in [-0.2, -0.15) is 0 Å². The third-order valence-corrected chi connectivity index (χ3v) is 2.24. The molecule has 0 bridgehead atoms. The van der Waals surface area contributed by atoms with E-state index in [-0.39, 0.29) is 0 Å². The van der Waals surface area contributed by atoms with Gasteiger partial charge in [0.05, 0.1) is 13.7 Å². The highest BCUT2D eigenvalue weighted by atomic mass is 32.2. The molecule has 0 amide bonds. The van der Waals surface area contributed by atoms with Crippen LogP contribution in [-0.4, -0.2) is 13.7 Å². The predicted octanol–water partition coefficient (Wildman–Crippen LogP) is 3.35. The summed E-state index contributed by atoms with van der Waals surface area (Å²) < 4.78 is 10.2. The van der Waals surface area contributed by atoms with Crippen molar-refractivity contribution in [1.29, 1.82) is 0 Å². The molecular formula is C11H14O2S. The monoisotopic (exact) mass is 210 g/mol. The van der Waals surface area contributed by atoms with Gasteiger partial charge in [0.25, 0.3) is 0 Å². The van der Waals surface area contributed by atoms with Crippen LogP contribution in [0.1, 0.15) is 12.5 Å². The Labute approximate surface area is 89.1 Å². The van der Waals surface area contributed by atoms with E-state index >= 15 is 0 Å². The first-order chi connectivity index (χ1) is 6.86. The summed E-state index contributed by atoms with van der Waals surface area (Å²) in [7, 11) is 1.66. The minimum atomic E-state index is 0.720. The van der Waals surface area contributed by atoms with Crippen molar-refractivity contribution in [2.24, 2.45) is 0 Å².